The van der Waals surface area contributed by atoms with E-state index in [-0.39, 0.29) is 23.8 Å². The summed E-state index contributed by atoms with van der Waals surface area (Å²) in [7, 11) is 1.77. The summed E-state index contributed by atoms with van der Waals surface area (Å²) in [5.74, 6) is 0.191. The van der Waals surface area contributed by atoms with E-state index in [1.165, 1.54) is 0 Å². The molecule has 1 aliphatic heterocycles. The number of amides is 2. The zero-order chi connectivity index (χ0) is 13.9. The van der Waals surface area contributed by atoms with Crippen molar-refractivity contribution in [1.82, 2.24) is 9.80 Å². The molecule has 0 saturated carbocycles. The maximum absolute atomic E-state index is 12.2. The van der Waals surface area contributed by atoms with Gasteiger partial charge in [0.2, 0.25) is 11.8 Å². The lowest BCUT2D eigenvalue weighted by Crippen LogP contribution is -2.51. The highest BCUT2D eigenvalue weighted by Crippen LogP contribution is 2.20. The van der Waals surface area contributed by atoms with Crippen molar-refractivity contribution >= 4 is 11.8 Å². The quantitative estimate of drug-likeness (QED) is 0.792. The summed E-state index contributed by atoms with van der Waals surface area (Å²) in [5, 5.41) is 0. The van der Waals surface area contributed by atoms with Gasteiger partial charge in [0.05, 0.1) is 6.04 Å². The average molecular weight is 255 g/mol. The van der Waals surface area contributed by atoms with Gasteiger partial charge in [-0.1, -0.05) is 13.8 Å². The molecule has 0 aromatic rings. The van der Waals surface area contributed by atoms with Crippen LogP contribution in [-0.4, -0.2) is 53.8 Å². The lowest BCUT2D eigenvalue weighted by Gasteiger charge is -2.31. The van der Waals surface area contributed by atoms with Gasteiger partial charge >= 0.3 is 0 Å². The van der Waals surface area contributed by atoms with Crippen LogP contribution in [0, 0.1) is 5.92 Å². The van der Waals surface area contributed by atoms with Crippen LogP contribution in [0.15, 0.2) is 0 Å². The molecule has 1 aliphatic rings. The van der Waals surface area contributed by atoms with E-state index < -0.39 is 6.04 Å². The number of likely N-dealkylation sites (N-methyl/N-ethyl adjacent to an activating group) is 1. The van der Waals surface area contributed by atoms with Gasteiger partial charge in [0.1, 0.15) is 0 Å². The Labute approximate surface area is 109 Å². The van der Waals surface area contributed by atoms with Gasteiger partial charge in [-0.2, -0.15) is 0 Å². The van der Waals surface area contributed by atoms with E-state index in [1.54, 1.807) is 18.9 Å². The van der Waals surface area contributed by atoms with Gasteiger partial charge in [0.15, 0.2) is 0 Å². The molecule has 5 nitrogen and oxygen atoms in total. The van der Waals surface area contributed by atoms with Crippen molar-refractivity contribution in [3.63, 3.8) is 0 Å². The monoisotopic (exact) mass is 255 g/mol. The molecule has 0 aliphatic carbocycles. The Morgan fingerprint density at radius 1 is 1.44 bits per heavy atom. The second kappa shape index (κ2) is 6.18. The molecule has 1 saturated heterocycles. The van der Waals surface area contributed by atoms with Crippen molar-refractivity contribution < 1.29 is 9.59 Å². The van der Waals surface area contributed by atoms with Crippen LogP contribution in [0.25, 0.3) is 0 Å². The molecule has 1 rings (SSSR count). The summed E-state index contributed by atoms with van der Waals surface area (Å²) in [4.78, 5) is 27.0. The van der Waals surface area contributed by atoms with Crippen LogP contribution in [0.1, 0.15) is 33.6 Å². The van der Waals surface area contributed by atoms with Crippen molar-refractivity contribution in [3.8, 4) is 0 Å². The van der Waals surface area contributed by atoms with Crippen LogP contribution >= 0.6 is 0 Å². The molecule has 2 amide bonds. The molecule has 2 N–H and O–H groups in total. The molecule has 5 heteroatoms. The van der Waals surface area contributed by atoms with E-state index >= 15 is 0 Å². The maximum atomic E-state index is 12.2. The molecule has 0 radical (unpaired) electrons. The number of hydrogen-bond acceptors (Lipinski definition) is 3. The van der Waals surface area contributed by atoms with Crippen LogP contribution in [0.5, 0.6) is 0 Å². The van der Waals surface area contributed by atoms with Gasteiger partial charge in [-0.3, -0.25) is 9.59 Å². The fourth-order valence-corrected chi connectivity index (χ4v) is 2.24. The van der Waals surface area contributed by atoms with Crippen molar-refractivity contribution in [2.45, 2.75) is 45.7 Å². The fraction of sp³-hybridized carbons (Fsp3) is 0.846. The summed E-state index contributed by atoms with van der Waals surface area (Å²) in [6, 6.07) is -0.315. The zero-order valence-electron chi connectivity index (χ0n) is 11.8. The Morgan fingerprint density at radius 3 is 2.56 bits per heavy atom. The van der Waals surface area contributed by atoms with Crippen LogP contribution < -0.4 is 5.73 Å². The number of likely N-dealkylation sites (tertiary alicyclic amines) is 1. The maximum Gasteiger partial charge on any atom is 0.240 e. The van der Waals surface area contributed by atoms with Crippen LogP contribution in [0.4, 0.5) is 0 Å². The highest BCUT2D eigenvalue weighted by Gasteiger charge is 2.33. The molecule has 1 unspecified atom stereocenters. The van der Waals surface area contributed by atoms with Gasteiger partial charge in [-0.15, -0.1) is 0 Å². The number of nitrogens with two attached hydrogens (primary N) is 1. The number of carbonyl (C=O) groups excluding carboxylic acids is 2. The molecule has 104 valence electrons. The molecule has 0 bridgehead atoms. The molecular formula is C13H25N3O2. The molecule has 0 aromatic carbocycles. The number of carbonyl (C=O) groups is 2. The largest absolute Gasteiger partial charge is 0.344 e. The van der Waals surface area contributed by atoms with Crippen molar-refractivity contribution in [3.05, 3.63) is 0 Å². The van der Waals surface area contributed by atoms with Gasteiger partial charge in [0, 0.05) is 33.1 Å². The van der Waals surface area contributed by atoms with E-state index in [0.29, 0.717) is 6.54 Å². The molecule has 0 spiro atoms. The number of hydrogen-bond donors (Lipinski definition) is 1. The smallest absolute Gasteiger partial charge is 0.240 e. The van der Waals surface area contributed by atoms with Gasteiger partial charge in [-0.25, -0.2) is 0 Å². The van der Waals surface area contributed by atoms with E-state index in [9.17, 15) is 9.59 Å². The Balaban J connectivity index is 2.64. The predicted molar refractivity (Wildman–Crippen MR) is 70.9 cm³/mol. The minimum atomic E-state index is -0.437. The average Bonchev–Trinajstić information content (AvgIpc) is 2.74. The first-order valence-electron chi connectivity index (χ1n) is 6.62. The molecule has 0 aromatic heterocycles. The van der Waals surface area contributed by atoms with Crippen LogP contribution in [0.2, 0.25) is 0 Å². The third kappa shape index (κ3) is 3.45. The minimum absolute atomic E-state index is 0.0180. The molecule has 18 heavy (non-hydrogen) atoms. The lowest BCUT2D eigenvalue weighted by molar-refractivity contribution is -0.136. The fourth-order valence-electron chi connectivity index (χ4n) is 2.24. The summed E-state index contributed by atoms with van der Waals surface area (Å²) in [6.45, 7) is 6.81. The van der Waals surface area contributed by atoms with E-state index in [4.69, 9.17) is 5.73 Å². The van der Waals surface area contributed by atoms with E-state index in [0.717, 1.165) is 19.4 Å². The Kier molecular flexibility index (Phi) is 5.14. The first-order chi connectivity index (χ1) is 8.34. The summed E-state index contributed by atoms with van der Waals surface area (Å²) >= 11 is 0. The lowest BCUT2D eigenvalue weighted by atomic mass is 10.0. The van der Waals surface area contributed by atoms with Gasteiger partial charge in [0.25, 0.3) is 0 Å². The van der Waals surface area contributed by atoms with Gasteiger partial charge in [-0.05, 0) is 18.8 Å². The van der Waals surface area contributed by atoms with Gasteiger partial charge < -0.3 is 15.5 Å². The molecule has 1 heterocycles. The number of rotatable bonds is 4. The second-order valence-corrected chi connectivity index (χ2v) is 5.50. The summed E-state index contributed by atoms with van der Waals surface area (Å²) < 4.78 is 0. The third-order valence-electron chi connectivity index (χ3n) is 3.69. The molecule has 2 atom stereocenters. The molecule has 1 fully saturated rings. The first kappa shape index (κ1) is 15.0. The third-order valence-corrected chi connectivity index (χ3v) is 3.69. The molecular weight excluding hydrogens is 230 g/mol. The second-order valence-electron chi connectivity index (χ2n) is 5.50. The normalized spacial score (nSPS) is 21.2. The topological polar surface area (TPSA) is 66.6 Å². The van der Waals surface area contributed by atoms with E-state index in [2.05, 4.69) is 0 Å². The SMILES string of the molecule is CC(=O)N(C)CC1CCCN1C(=O)[C@@H](N)C(C)C. The van der Waals surface area contributed by atoms with Crippen LogP contribution in [-0.2, 0) is 9.59 Å². The standard InChI is InChI=1S/C13H25N3O2/c1-9(2)12(14)13(18)16-7-5-6-11(16)8-15(4)10(3)17/h9,11-12H,5-8,14H2,1-4H3/t11?,12-/m0/s1. The Morgan fingerprint density at radius 2 is 2.06 bits per heavy atom. The van der Waals surface area contributed by atoms with E-state index in [1.807, 2.05) is 18.7 Å². The minimum Gasteiger partial charge on any atom is -0.344 e. The zero-order valence-corrected chi connectivity index (χ0v) is 11.8. The van der Waals surface area contributed by atoms with Crippen molar-refractivity contribution in [1.29, 1.82) is 0 Å². The predicted octanol–water partition coefficient (Wildman–Crippen LogP) is 0.439. The van der Waals surface area contributed by atoms with Crippen LogP contribution in [0.3, 0.4) is 0 Å². The first-order valence-corrected chi connectivity index (χ1v) is 6.62. The highest BCUT2D eigenvalue weighted by atomic mass is 16.2. The summed E-state index contributed by atoms with van der Waals surface area (Å²) in [5.41, 5.74) is 5.92. The van der Waals surface area contributed by atoms with Crippen molar-refractivity contribution in [2.24, 2.45) is 11.7 Å². The number of nitrogens with zero attached hydrogens (tertiary/aromatic N) is 2. The Hall–Kier alpha value is -1.10. The highest BCUT2D eigenvalue weighted by molar-refractivity contribution is 5.82. The Bertz CT molecular complexity index is 317. The summed E-state index contributed by atoms with van der Waals surface area (Å²) in [6.07, 6.45) is 1.95. The van der Waals surface area contributed by atoms with Crippen molar-refractivity contribution in [2.75, 3.05) is 20.1 Å².